The summed E-state index contributed by atoms with van der Waals surface area (Å²) >= 11 is 3.18. The van der Waals surface area contributed by atoms with Gasteiger partial charge in [0.2, 0.25) is 10.3 Å². The lowest BCUT2D eigenvalue weighted by Crippen LogP contribution is -2.30. The molecule has 2 aliphatic carbocycles. The van der Waals surface area contributed by atoms with E-state index >= 15 is 0 Å². The number of esters is 6. The van der Waals surface area contributed by atoms with Crippen molar-refractivity contribution >= 4 is 102 Å². The van der Waals surface area contributed by atoms with Crippen molar-refractivity contribution in [3.8, 4) is 45.6 Å². The summed E-state index contributed by atoms with van der Waals surface area (Å²) in [5, 5.41) is 15.7. The number of hydrogen-bond donors (Lipinski definition) is 0. The van der Waals surface area contributed by atoms with E-state index < -0.39 is 17.9 Å². The molecule has 0 saturated heterocycles. The summed E-state index contributed by atoms with van der Waals surface area (Å²) in [7, 11) is 0. The van der Waals surface area contributed by atoms with E-state index in [1.807, 2.05) is 82.8 Å². The second-order valence-electron chi connectivity index (χ2n) is 27.9. The normalized spacial score (nSPS) is 15.5. The monoisotopic (exact) mass is 1530 g/mol. The number of thiazole rings is 2. The molecule has 2 aliphatic rings. The van der Waals surface area contributed by atoms with Crippen molar-refractivity contribution in [1.29, 1.82) is 0 Å². The van der Waals surface area contributed by atoms with Crippen LogP contribution in [-0.4, -0.2) is 97.7 Å². The first-order valence-electron chi connectivity index (χ1n) is 39.2. The maximum Gasteiger partial charge on any atom is 0.330 e. The number of rotatable bonds is 42. The minimum absolute atomic E-state index is 0.0346. The van der Waals surface area contributed by atoms with Gasteiger partial charge in [-0.2, -0.15) is 10.2 Å². The Kier molecular flexibility index (Phi) is 35.0. The largest absolute Gasteiger partial charge is 0.494 e. The first kappa shape index (κ1) is 84.0. The number of unbranched alkanes of at least 4 members (excludes halogenated alkanes) is 12. The lowest BCUT2D eigenvalue weighted by atomic mass is 9.82. The van der Waals surface area contributed by atoms with E-state index in [4.69, 9.17) is 58.1 Å². The predicted octanol–water partition coefficient (Wildman–Crippen LogP) is 20.4. The van der Waals surface area contributed by atoms with Gasteiger partial charge in [0.05, 0.1) is 77.0 Å². The lowest BCUT2D eigenvalue weighted by Gasteiger charge is -2.26. The van der Waals surface area contributed by atoms with Gasteiger partial charge in [-0.05, 0) is 242 Å². The third-order valence-electron chi connectivity index (χ3n) is 19.2. The topological polar surface area (TPSA) is 233 Å². The molecule has 0 radical (unpaired) electrons. The van der Waals surface area contributed by atoms with Gasteiger partial charge in [0, 0.05) is 43.3 Å². The number of carbonyl (C=O) groups is 6. The Bertz CT molecular complexity index is 4240. The first-order valence-corrected chi connectivity index (χ1v) is 40.8. The Labute approximate surface area is 655 Å². The number of hydrogen-bond acceptors (Lipinski definition) is 22. The molecule has 584 valence electrons. The number of para-hydroxylation sites is 2. The highest BCUT2D eigenvalue weighted by molar-refractivity contribution is 7.22. The minimum atomic E-state index is -0.444. The summed E-state index contributed by atoms with van der Waals surface area (Å²) in [6, 6.07) is 41.4. The van der Waals surface area contributed by atoms with Crippen LogP contribution in [0, 0.1) is 23.7 Å². The Balaban J connectivity index is 0.000000417. The molecule has 2 heterocycles. The van der Waals surface area contributed by atoms with Crippen molar-refractivity contribution in [2.75, 3.05) is 49.5 Å². The van der Waals surface area contributed by atoms with E-state index in [2.05, 4.69) is 46.1 Å². The van der Waals surface area contributed by atoms with Crippen LogP contribution in [0.15, 0.2) is 169 Å². The summed E-state index contributed by atoms with van der Waals surface area (Å²) in [5.74, 6) is 1.12. The maximum atomic E-state index is 14.1. The smallest absolute Gasteiger partial charge is 0.330 e. The Hall–Kier alpha value is -10.1. The van der Waals surface area contributed by atoms with Gasteiger partial charge in [0.25, 0.3) is 0 Å². The molecule has 6 aromatic carbocycles. The van der Waals surface area contributed by atoms with Crippen LogP contribution < -0.4 is 38.4 Å². The molecule has 0 amide bonds. The van der Waals surface area contributed by atoms with Gasteiger partial charge in [0.1, 0.15) is 34.5 Å². The number of carbonyl (C=O) groups excluding carboxylic acids is 6. The van der Waals surface area contributed by atoms with Crippen LogP contribution in [0.4, 0.5) is 10.3 Å². The van der Waals surface area contributed by atoms with E-state index in [0.717, 1.165) is 188 Å². The number of fused-ring (bicyclic) bond motifs is 2. The average molecular weight is 1540 g/mol. The molecule has 2 aromatic heterocycles. The van der Waals surface area contributed by atoms with Crippen LogP contribution >= 0.6 is 22.7 Å². The van der Waals surface area contributed by atoms with Crippen molar-refractivity contribution in [2.45, 2.75) is 182 Å². The van der Waals surface area contributed by atoms with E-state index in [1.54, 1.807) is 83.6 Å². The van der Waals surface area contributed by atoms with Crippen molar-refractivity contribution in [3.63, 3.8) is 0 Å². The summed E-state index contributed by atoms with van der Waals surface area (Å²) in [5.41, 5.74) is 4.72. The maximum absolute atomic E-state index is 14.1. The third kappa shape index (κ3) is 27.8. The molecule has 110 heavy (non-hydrogen) atoms. The second kappa shape index (κ2) is 45.8. The van der Waals surface area contributed by atoms with Gasteiger partial charge >= 0.3 is 35.8 Å². The fourth-order valence-corrected chi connectivity index (χ4v) is 14.8. The standard InChI is InChI=1S/C65H74N6O9S2.C23H32O5/c1-5-8-10-18-38-70(64-68-57-22-14-16-24-59(57)81-64)66-44-49-42-53(78-46(4)72)34-36-55(49)56-37-35-54(43-50(56)45-67-71(39-19-11-9-6-2)65-69-58-23-15-17-25-60(58)82-65)80-63(75)48-28-26-47(27-29-48)62(74)79-52-32-30-51(31-33-52)76-40-20-12-13-21-41-77-61(73)7-3;1-3-22(24)27-17-7-5-4-6-16-26-20-12-14-21(15-13-20)28-23(25)19-10-8-18(2)9-11-19/h7,14-17,22-25,30-37,42-45,47-48H,3,5-6,8-13,18-21,26-29,38-41H2,1-2,4H3;3,12-15,18-19H,1,4-11,16-17H2,2H3/b66-44+,67-45+;. The average Bonchev–Trinajstić information content (AvgIpc) is 1.07. The second-order valence-corrected chi connectivity index (χ2v) is 29.9. The summed E-state index contributed by atoms with van der Waals surface area (Å²) in [4.78, 5) is 84.0. The SMILES string of the molecule is C=CC(=O)OCCCCCCOc1ccc(OC(=O)C2CCC(C(=O)Oc3ccc(-c4ccc(OC(C)=O)cc4/C=N/N(CCCCCC)c4nc5ccccc5s4)c(/C=N/N(CCCCCC)c4nc5ccccc5s4)c3)CC2)cc1.C=CC(=O)OCCCCCCOc1ccc(OC(=O)C2CCC(C)CC2)cc1. The van der Waals surface area contributed by atoms with Crippen LogP contribution in [0.2, 0.25) is 0 Å². The summed E-state index contributed by atoms with van der Waals surface area (Å²) in [6.45, 7) is 18.1. The van der Waals surface area contributed by atoms with E-state index in [9.17, 15) is 28.8 Å². The van der Waals surface area contributed by atoms with Crippen molar-refractivity contribution in [2.24, 2.45) is 33.9 Å². The van der Waals surface area contributed by atoms with E-state index in [1.165, 1.54) is 13.0 Å². The number of anilines is 2. The third-order valence-corrected chi connectivity index (χ3v) is 21.3. The van der Waals surface area contributed by atoms with Crippen LogP contribution in [0.1, 0.15) is 193 Å². The van der Waals surface area contributed by atoms with Crippen LogP contribution in [0.3, 0.4) is 0 Å². The number of hydrazone groups is 2. The molecule has 8 aromatic rings. The lowest BCUT2D eigenvalue weighted by molar-refractivity contribution is -0.145. The van der Waals surface area contributed by atoms with Gasteiger partial charge in [-0.3, -0.25) is 19.2 Å². The van der Waals surface area contributed by atoms with E-state index in [-0.39, 0.29) is 35.7 Å². The van der Waals surface area contributed by atoms with Gasteiger partial charge in [-0.25, -0.2) is 29.6 Å². The quantitative estimate of drug-likeness (QED) is 0.00864. The molecule has 0 spiro atoms. The Morgan fingerprint density at radius 1 is 0.436 bits per heavy atom. The minimum Gasteiger partial charge on any atom is -0.494 e. The number of ether oxygens (including phenoxy) is 8. The highest BCUT2D eigenvalue weighted by atomic mass is 32.1. The van der Waals surface area contributed by atoms with E-state index in [0.29, 0.717) is 105 Å². The Morgan fingerprint density at radius 3 is 1.18 bits per heavy atom. The van der Waals surface area contributed by atoms with Crippen molar-refractivity contribution in [3.05, 3.63) is 170 Å². The zero-order valence-electron chi connectivity index (χ0n) is 64.2. The van der Waals surface area contributed by atoms with Crippen molar-refractivity contribution in [1.82, 2.24) is 9.97 Å². The van der Waals surface area contributed by atoms with Crippen LogP contribution in [0.5, 0.6) is 34.5 Å². The highest BCUT2D eigenvalue weighted by Crippen LogP contribution is 2.38. The molecule has 0 bridgehead atoms. The number of aromatic nitrogens is 2. The van der Waals surface area contributed by atoms with Gasteiger partial charge in [-0.1, -0.05) is 119 Å². The molecular weight excluding hydrogens is 1430 g/mol. The molecule has 20 nitrogen and oxygen atoms in total. The summed E-state index contributed by atoms with van der Waals surface area (Å²) in [6.07, 6.45) is 27.6. The molecule has 0 aliphatic heterocycles. The zero-order valence-corrected chi connectivity index (χ0v) is 65.8. The van der Waals surface area contributed by atoms with Gasteiger partial charge < -0.3 is 37.9 Å². The fourth-order valence-electron chi connectivity index (χ4n) is 12.9. The molecule has 0 unspecified atom stereocenters. The molecule has 2 fully saturated rings. The zero-order chi connectivity index (χ0) is 77.7. The summed E-state index contributed by atoms with van der Waals surface area (Å²) < 4.78 is 46.8. The van der Waals surface area contributed by atoms with Gasteiger partial charge in [0.15, 0.2) is 0 Å². The molecule has 22 heteroatoms. The van der Waals surface area contributed by atoms with Gasteiger partial charge in [-0.15, -0.1) is 0 Å². The number of nitrogens with zero attached hydrogens (tertiary/aromatic N) is 6. The predicted molar refractivity (Wildman–Crippen MR) is 437 cm³/mol. The first-order chi connectivity index (χ1) is 53.6. The fraction of sp³-hybridized carbons (Fsp3) is 0.432. The molecule has 0 N–H and O–H groups in total. The molecular formula is C88H106N6O14S2. The molecule has 10 rings (SSSR count). The molecule has 0 atom stereocenters. The van der Waals surface area contributed by atoms with Crippen molar-refractivity contribution < 1.29 is 66.7 Å². The van der Waals surface area contributed by atoms with Crippen LogP contribution in [-0.2, 0) is 38.2 Å². The molecule has 2 saturated carbocycles. The number of benzene rings is 6. The highest BCUT2D eigenvalue weighted by Gasteiger charge is 2.33. The van der Waals surface area contributed by atoms with Crippen LogP contribution in [0.25, 0.3) is 31.6 Å². The Morgan fingerprint density at radius 2 is 0.791 bits per heavy atom.